The zero-order valence-electron chi connectivity index (χ0n) is 19.9. The van der Waals surface area contributed by atoms with Gasteiger partial charge in [-0.05, 0) is 60.9 Å². The van der Waals surface area contributed by atoms with Gasteiger partial charge < -0.3 is 14.8 Å². The number of fused-ring (bicyclic) bond motifs is 1. The second-order valence-electron chi connectivity index (χ2n) is 8.46. The Labute approximate surface area is 206 Å². The van der Waals surface area contributed by atoms with Gasteiger partial charge in [-0.3, -0.25) is 9.10 Å². The molecule has 8 heteroatoms. The van der Waals surface area contributed by atoms with E-state index in [1.165, 1.54) is 9.87 Å². The summed E-state index contributed by atoms with van der Waals surface area (Å²) >= 11 is 0. The minimum Gasteiger partial charge on any atom is -0.492 e. The Morgan fingerprint density at radius 2 is 1.83 bits per heavy atom. The summed E-state index contributed by atoms with van der Waals surface area (Å²) in [6, 6.07) is 21.4. The van der Waals surface area contributed by atoms with E-state index in [0.717, 1.165) is 24.2 Å². The van der Waals surface area contributed by atoms with Crippen LogP contribution in [-0.2, 0) is 21.2 Å². The topological polar surface area (TPSA) is 84.9 Å². The number of ether oxygens (including phenoxy) is 2. The van der Waals surface area contributed by atoms with Crippen LogP contribution in [0.3, 0.4) is 0 Å². The van der Waals surface area contributed by atoms with Crippen molar-refractivity contribution in [3.05, 3.63) is 83.9 Å². The molecule has 1 atom stereocenters. The molecule has 0 spiro atoms. The molecule has 1 aliphatic heterocycles. The maximum atomic E-state index is 13.4. The molecule has 0 aromatic heterocycles. The van der Waals surface area contributed by atoms with Gasteiger partial charge in [0.1, 0.15) is 18.1 Å². The largest absolute Gasteiger partial charge is 0.492 e. The van der Waals surface area contributed by atoms with Crippen LogP contribution in [0.5, 0.6) is 11.5 Å². The van der Waals surface area contributed by atoms with E-state index in [0.29, 0.717) is 11.4 Å². The van der Waals surface area contributed by atoms with Crippen LogP contribution in [0.2, 0.25) is 0 Å². The minimum absolute atomic E-state index is 0.126. The fourth-order valence-corrected chi connectivity index (χ4v) is 5.43. The van der Waals surface area contributed by atoms with Gasteiger partial charge in [-0.15, -0.1) is 0 Å². The number of aryl methyl sites for hydroxylation is 2. The fourth-order valence-electron chi connectivity index (χ4n) is 3.94. The summed E-state index contributed by atoms with van der Waals surface area (Å²) < 4.78 is 39.7. The molecule has 3 aromatic rings. The Morgan fingerprint density at radius 3 is 2.54 bits per heavy atom. The number of benzene rings is 3. The van der Waals surface area contributed by atoms with E-state index in [-0.39, 0.29) is 24.6 Å². The average molecular weight is 495 g/mol. The van der Waals surface area contributed by atoms with Crippen LogP contribution in [0.1, 0.15) is 24.5 Å². The third-order valence-corrected chi connectivity index (χ3v) is 7.53. The summed E-state index contributed by atoms with van der Waals surface area (Å²) in [4.78, 5) is 13.1. The molecule has 1 heterocycles. The van der Waals surface area contributed by atoms with E-state index in [2.05, 4.69) is 12.2 Å². The number of carbonyl (C=O) groups excluding carboxylic acids is 1. The van der Waals surface area contributed by atoms with Crippen molar-refractivity contribution in [3.8, 4) is 11.5 Å². The van der Waals surface area contributed by atoms with Crippen LogP contribution in [0.4, 0.5) is 5.69 Å². The molecule has 7 nitrogen and oxygen atoms in total. The number of nitrogens with one attached hydrogen (secondary N) is 1. The van der Waals surface area contributed by atoms with Crippen molar-refractivity contribution in [2.24, 2.45) is 0 Å². The summed E-state index contributed by atoms with van der Waals surface area (Å²) in [6.07, 6.45) is 1.12. The number of sulfonamides is 1. The van der Waals surface area contributed by atoms with Gasteiger partial charge in [-0.1, -0.05) is 49.7 Å². The molecule has 0 unspecified atom stereocenters. The number of nitrogens with zero attached hydrogens (tertiary/aromatic N) is 1. The lowest BCUT2D eigenvalue weighted by Crippen LogP contribution is -2.51. The zero-order valence-corrected chi connectivity index (χ0v) is 20.8. The van der Waals surface area contributed by atoms with Crippen LogP contribution >= 0.6 is 0 Å². The Kier molecular flexibility index (Phi) is 7.60. The first-order valence-corrected chi connectivity index (χ1v) is 13.2. The average Bonchev–Trinajstić information content (AvgIpc) is 2.87. The second kappa shape index (κ2) is 10.8. The molecular weight excluding hydrogens is 464 g/mol. The molecule has 1 N–H and O–H groups in total. The van der Waals surface area contributed by atoms with Crippen LogP contribution in [0.15, 0.2) is 77.7 Å². The number of carbonyl (C=O) groups is 1. The molecule has 0 radical (unpaired) electrons. The molecule has 0 bridgehead atoms. The van der Waals surface area contributed by atoms with Gasteiger partial charge in [0.15, 0.2) is 6.10 Å². The third kappa shape index (κ3) is 5.77. The molecule has 35 heavy (non-hydrogen) atoms. The summed E-state index contributed by atoms with van der Waals surface area (Å²) in [5.74, 6) is 0.689. The van der Waals surface area contributed by atoms with Crippen molar-refractivity contribution in [1.29, 1.82) is 0 Å². The Bertz CT molecular complexity index is 1260. The summed E-state index contributed by atoms with van der Waals surface area (Å²) in [7, 11) is -3.88. The maximum Gasteiger partial charge on any atom is 0.264 e. The summed E-state index contributed by atoms with van der Waals surface area (Å²) in [5.41, 5.74) is 2.57. The quantitative estimate of drug-likeness (QED) is 0.453. The number of amides is 1. The number of hydrogen-bond acceptors (Lipinski definition) is 5. The molecule has 0 saturated carbocycles. The van der Waals surface area contributed by atoms with Gasteiger partial charge in [0.05, 0.1) is 23.7 Å². The third-order valence-electron chi connectivity index (χ3n) is 5.74. The predicted molar refractivity (Wildman–Crippen MR) is 136 cm³/mol. The van der Waals surface area contributed by atoms with Crippen molar-refractivity contribution < 1.29 is 22.7 Å². The fraction of sp³-hybridized carbons (Fsp3) is 0.296. The Hall–Kier alpha value is -3.52. The van der Waals surface area contributed by atoms with Gasteiger partial charge in [-0.2, -0.15) is 0 Å². The lowest BCUT2D eigenvalue weighted by molar-refractivity contribution is -0.127. The predicted octanol–water partition coefficient (Wildman–Crippen LogP) is 4.10. The van der Waals surface area contributed by atoms with E-state index >= 15 is 0 Å². The molecule has 0 fully saturated rings. The van der Waals surface area contributed by atoms with E-state index in [4.69, 9.17) is 9.47 Å². The van der Waals surface area contributed by atoms with E-state index < -0.39 is 22.0 Å². The van der Waals surface area contributed by atoms with Gasteiger partial charge in [-0.25, -0.2) is 8.42 Å². The first kappa shape index (κ1) is 24.6. The maximum absolute atomic E-state index is 13.4. The lowest BCUT2D eigenvalue weighted by atomic mass is 10.1. The highest BCUT2D eigenvalue weighted by molar-refractivity contribution is 7.92. The zero-order chi connectivity index (χ0) is 24.8. The van der Waals surface area contributed by atoms with Crippen LogP contribution in [0.25, 0.3) is 0 Å². The highest BCUT2D eigenvalue weighted by Crippen LogP contribution is 2.37. The SMILES string of the molecule is CCCc1ccc(OCCNC(=O)[C@@H]2CN(S(=O)(=O)c3ccccc3)c3cc(C)ccc3O2)cc1. The highest BCUT2D eigenvalue weighted by atomic mass is 32.2. The van der Waals surface area contributed by atoms with Crippen molar-refractivity contribution in [1.82, 2.24) is 5.32 Å². The molecule has 1 amide bonds. The summed E-state index contributed by atoms with van der Waals surface area (Å²) in [6.45, 7) is 4.44. The standard InChI is InChI=1S/C27H30N2O5S/c1-3-7-21-11-13-22(14-12-21)33-17-16-28-27(30)26-19-29(24-18-20(2)10-15-25(24)34-26)35(31,32)23-8-5-4-6-9-23/h4-6,8-15,18,26H,3,7,16-17,19H2,1-2H3,(H,28,30)/t26-/m0/s1. The lowest BCUT2D eigenvalue weighted by Gasteiger charge is -2.35. The van der Waals surface area contributed by atoms with Crippen molar-refractivity contribution >= 4 is 21.6 Å². The smallest absolute Gasteiger partial charge is 0.264 e. The monoisotopic (exact) mass is 494 g/mol. The molecule has 0 aliphatic carbocycles. The molecular formula is C27H30N2O5S. The first-order chi connectivity index (χ1) is 16.9. The van der Waals surface area contributed by atoms with E-state index in [1.807, 2.05) is 37.3 Å². The number of anilines is 1. The molecule has 4 rings (SSSR count). The second-order valence-corrected chi connectivity index (χ2v) is 10.3. The van der Waals surface area contributed by atoms with Crippen LogP contribution in [0, 0.1) is 6.92 Å². The van der Waals surface area contributed by atoms with Gasteiger partial charge in [0.2, 0.25) is 0 Å². The summed E-state index contributed by atoms with van der Waals surface area (Å²) in [5, 5.41) is 2.80. The highest BCUT2D eigenvalue weighted by Gasteiger charge is 2.37. The van der Waals surface area contributed by atoms with Gasteiger partial charge >= 0.3 is 0 Å². The Balaban J connectivity index is 1.42. The number of hydrogen-bond donors (Lipinski definition) is 1. The number of rotatable bonds is 9. The van der Waals surface area contributed by atoms with Crippen LogP contribution < -0.4 is 19.1 Å². The normalized spacial score (nSPS) is 15.1. The van der Waals surface area contributed by atoms with Crippen LogP contribution in [-0.4, -0.2) is 40.1 Å². The molecule has 3 aromatic carbocycles. The molecule has 184 valence electrons. The molecule has 0 saturated heterocycles. The van der Waals surface area contributed by atoms with Crippen molar-refractivity contribution in [2.75, 3.05) is 24.0 Å². The van der Waals surface area contributed by atoms with Gasteiger partial charge in [0.25, 0.3) is 15.9 Å². The first-order valence-electron chi connectivity index (χ1n) is 11.7. The van der Waals surface area contributed by atoms with E-state index in [1.54, 1.807) is 42.5 Å². The van der Waals surface area contributed by atoms with Crippen molar-refractivity contribution in [3.63, 3.8) is 0 Å². The van der Waals surface area contributed by atoms with E-state index in [9.17, 15) is 13.2 Å². The minimum atomic E-state index is -3.88. The van der Waals surface area contributed by atoms with Crippen molar-refractivity contribution in [2.45, 2.75) is 37.7 Å². The van der Waals surface area contributed by atoms with Gasteiger partial charge in [0, 0.05) is 0 Å². The molecule has 1 aliphatic rings. The Morgan fingerprint density at radius 1 is 1.09 bits per heavy atom.